The molecule has 88 valence electrons. The number of benzene rings is 1. The third kappa shape index (κ3) is 3.81. The molecule has 0 spiro atoms. The van der Waals surface area contributed by atoms with E-state index in [4.69, 9.17) is 15.2 Å². The van der Waals surface area contributed by atoms with Crippen molar-refractivity contribution in [3.8, 4) is 11.5 Å². The molecule has 1 rings (SSSR count). The zero-order chi connectivity index (χ0) is 12.0. The van der Waals surface area contributed by atoms with Gasteiger partial charge in [-0.05, 0) is 37.6 Å². The average molecular weight is 223 g/mol. The summed E-state index contributed by atoms with van der Waals surface area (Å²) in [5.41, 5.74) is 5.09. The highest BCUT2D eigenvalue weighted by Crippen LogP contribution is 2.18. The van der Waals surface area contributed by atoms with Gasteiger partial charge in [0.15, 0.2) is 6.10 Å². The Labute approximate surface area is 95.3 Å². The molecule has 0 saturated heterocycles. The van der Waals surface area contributed by atoms with Crippen molar-refractivity contribution < 1.29 is 14.3 Å². The number of rotatable bonds is 6. The van der Waals surface area contributed by atoms with E-state index in [1.165, 1.54) is 0 Å². The van der Waals surface area contributed by atoms with Crippen LogP contribution in [-0.4, -0.2) is 18.6 Å². The zero-order valence-corrected chi connectivity index (χ0v) is 9.60. The normalized spacial score (nSPS) is 11.9. The summed E-state index contributed by atoms with van der Waals surface area (Å²) < 4.78 is 10.7. The zero-order valence-electron chi connectivity index (χ0n) is 9.60. The predicted octanol–water partition coefficient (Wildman–Crippen LogP) is 1.73. The number of hydrogen-bond acceptors (Lipinski definition) is 3. The Kier molecular flexibility index (Phi) is 4.64. The molecule has 0 heterocycles. The molecule has 4 heteroatoms. The van der Waals surface area contributed by atoms with Gasteiger partial charge < -0.3 is 15.2 Å². The summed E-state index contributed by atoms with van der Waals surface area (Å²) in [5.74, 6) is 0.919. The summed E-state index contributed by atoms with van der Waals surface area (Å²) in [4.78, 5) is 10.8. The first-order chi connectivity index (χ1) is 7.63. The molecule has 0 saturated carbocycles. The van der Waals surface area contributed by atoms with E-state index in [-0.39, 0.29) is 0 Å². The molecular formula is C12H17NO3. The molecule has 0 unspecified atom stereocenters. The summed E-state index contributed by atoms with van der Waals surface area (Å²) in [6.45, 7) is 4.35. The molecule has 1 aromatic rings. The molecule has 0 fully saturated rings. The van der Waals surface area contributed by atoms with Gasteiger partial charge in [-0.3, -0.25) is 4.79 Å². The highest BCUT2D eigenvalue weighted by atomic mass is 16.5. The van der Waals surface area contributed by atoms with E-state index >= 15 is 0 Å². The highest BCUT2D eigenvalue weighted by Gasteiger charge is 2.09. The van der Waals surface area contributed by atoms with Crippen molar-refractivity contribution in [1.29, 1.82) is 0 Å². The van der Waals surface area contributed by atoms with Crippen LogP contribution in [-0.2, 0) is 4.79 Å². The maximum Gasteiger partial charge on any atom is 0.258 e. The SMILES string of the molecule is CCCOc1ccc(O[C@H](C)C(N)=O)cc1. The number of hydrogen-bond donors (Lipinski definition) is 1. The standard InChI is InChI=1S/C12H17NO3/c1-3-8-15-10-4-6-11(7-5-10)16-9(2)12(13)14/h4-7,9H,3,8H2,1-2H3,(H2,13,14)/t9-/m1/s1. The van der Waals surface area contributed by atoms with Gasteiger partial charge in [0.2, 0.25) is 0 Å². The van der Waals surface area contributed by atoms with Gasteiger partial charge in [0.25, 0.3) is 5.91 Å². The third-order valence-corrected chi connectivity index (χ3v) is 2.01. The van der Waals surface area contributed by atoms with E-state index in [9.17, 15) is 4.79 Å². The van der Waals surface area contributed by atoms with Gasteiger partial charge in [0, 0.05) is 0 Å². The van der Waals surface area contributed by atoms with Crippen molar-refractivity contribution in [1.82, 2.24) is 0 Å². The van der Waals surface area contributed by atoms with Crippen LogP contribution >= 0.6 is 0 Å². The van der Waals surface area contributed by atoms with Crippen molar-refractivity contribution >= 4 is 5.91 Å². The predicted molar refractivity (Wildman–Crippen MR) is 61.5 cm³/mol. The van der Waals surface area contributed by atoms with Crippen LogP contribution in [0.25, 0.3) is 0 Å². The first-order valence-corrected chi connectivity index (χ1v) is 5.32. The molecule has 0 bridgehead atoms. The molecule has 2 N–H and O–H groups in total. The topological polar surface area (TPSA) is 61.6 Å². The van der Waals surface area contributed by atoms with E-state index in [0.29, 0.717) is 12.4 Å². The van der Waals surface area contributed by atoms with Gasteiger partial charge in [-0.15, -0.1) is 0 Å². The Hall–Kier alpha value is -1.71. The Morgan fingerprint density at radius 2 is 1.88 bits per heavy atom. The lowest BCUT2D eigenvalue weighted by Crippen LogP contribution is -2.30. The minimum Gasteiger partial charge on any atom is -0.494 e. The number of carbonyl (C=O) groups is 1. The van der Waals surface area contributed by atoms with Crippen molar-refractivity contribution in [2.24, 2.45) is 5.73 Å². The summed E-state index contributed by atoms with van der Waals surface area (Å²) in [6.07, 6.45) is 0.346. The van der Waals surface area contributed by atoms with Crippen molar-refractivity contribution in [3.63, 3.8) is 0 Å². The maximum atomic E-state index is 10.8. The van der Waals surface area contributed by atoms with Gasteiger partial charge in [-0.2, -0.15) is 0 Å². The number of primary amides is 1. The van der Waals surface area contributed by atoms with Crippen LogP contribution in [0.1, 0.15) is 20.3 Å². The lowest BCUT2D eigenvalue weighted by molar-refractivity contribution is -0.123. The summed E-state index contributed by atoms with van der Waals surface area (Å²) in [6, 6.07) is 7.12. The molecular weight excluding hydrogens is 206 g/mol. The maximum absolute atomic E-state index is 10.8. The number of carbonyl (C=O) groups excluding carboxylic acids is 1. The largest absolute Gasteiger partial charge is 0.494 e. The summed E-state index contributed by atoms with van der Waals surface area (Å²) in [5, 5.41) is 0. The van der Waals surface area contributed by atoms with Crippen LogP contribution in [0.5, 0.6) is 11.5 Å². The first-order valence-electron chi connectivity index (χ1n) is 5.32. The number of nitrogens with two attached hydrogens (primary N) is 1. The van der Waals surface area contributed by atoms with E-state index in [2.05, 4.69) is 0 Å². The number of ether oxygens (including phenoxy) is 2. The van der Waals surface area contributed by atoms with E-state index in [1.54, 1.807) is 31.2 Å². The molecule has 0 aliphatic carbocycles. The van der Waals surface area contributed by atoms with Crippen LogP contribution in [0.3, 0.4) is 0 Å². The number of amides is 1. The van der Waals surface area contributed by atoms with Gasteiger partial charge in [-0.1, -0.05) is 6.92 Å². The van der Waals surface area contributed by atoms with E-state index in [0.717, 1.165) is 12.2 Å². The summed E-state index contributed by atoms with van der Waals surface area (Å²) in [7, 11) is 0. The van der Waals surface area contributed by atoms with Crippen LogP contribution < -0.4 is 15.2 Å². The first kappa shape index (κ1) is 12.4. The van der Waals surface area contributed by atoms with Gasteiger partial charge in [0.05, 0.1) is 6.61 Å². The van der Waals surface area contributed by atoms with Crippen LogP contribution in [0.2, 0.25) is 0 Å². The molecule has 0 aliphatic rings. The fourth-order valence-corrected chi connectivity index (χ4v) is 1.10. The minimum atomic E-state index is -0.623. The average Bonchev–Trinajstić information content (AvgIpc) is 2.28. The molecule has 4 nitrogen and oxygen atoms in total. The third-order valence-electron chi connectivity index (χ3n) is 2.01. The molecule has 16 heavy (non-hydrogen) atoms. The second kappa shape index (κ2) is 6.00. The molecule has 1 atom stereocenters. The second-order valence-electron chi connectivity index (χ2n) is 3.48. The lowest BCUT2D eigenvalue weighted by atomic mass is 10.3. The van der Waals surface area contributed by atoms with E-state index < -0.39 is 12.0 Å². The van der Waals surface area contributed by atoms with Gasteiger partial charge in [-0.25, -0.2) is 0 Å². The Morgan fingerprint density at radius 3 is 2.38 bits per heavy atom. The fraction of sp³-hybridized carbons (Fsp3) is 0.417. The van der Waals surface area contributed by atoms with Crippen molar-refractivity contribution in [2.75, 3.05) is 6.61 Å². The highest BCUT2D eigenvalue weighted by molar-refractivity contribution is 5.78. The molecule has 1 amide bonds. The lowest BCUT2D eigenvalue weighted by Gasteiger charge is -2.11. The second-order valence-corrected chi connectivity index (χ2v) is 3.48. The van der Waals surface area contributed by atoms with Crippen LogP contribution in [0, 0.1) is 0 Å². The van der Waals surface area contributed by atoms with Crippen molar-refractivity contribution in [2.45, 2.75) is 26.4 Å². The quantitative estimate of drug-likeness (QED) is 0.798. The molecule has 1 aromatic carbocycles. The molecule has 0 aliphatic heterocycles. The monoisotopic (exact) mass is 223 g/mol. The Morgan fingerprint density at radius 1 is 1.31 bits per heavy atom. The Balaban J connectivity index is 2.54. The van der Waals surface area contributed by atoms with Crippen LogP contribution in [0.4, 0.5) is 0 Å². The van der Waals surface area contributed by atoms with Crippen LogP contribution in [0.15, 0.2) is 24.3 Å². The van der Waals surface area contributed by atoms with E-state index in [1.807, 2.05) is 6.92 Å². The fourth-order valence-electron chi connectivity index (χ4n) is 1.10. The minimum absolute atomic E-state index is 0.480. The smallest absolute Gasteiger partial charge is 0.258 e. The summed E-state index contributed by atoms with van der Waals surface area (Å²) >= 11 is 0. The molecule has 0 radical (unpaired) electrons. The van der Waals surface area contributed by atoms with Crippen molar-refractivity contribution in [3.05, 3.63) is 24.3 Å². The Bertz CT molecular complexity index is 335. The molecule has 0 aromatic heterocycles. The van der Waals surface area contributed by atoms with Gasteiger partial charge >= 0.3 is 0 Å². The van der Waals surface area contributed by atoms with Gasteiger partial charge in [0.1, 0.15) is 11.5 Å².